The average molecular weight is 524 g/mol. The minimum Gasteiger partial charge on any atom is -0.393 e. The van der Waals surface area contributed by atoms with Crippen molar-refractivity contribution in [2.75, 3.05) is 18.8 Å². The minimum absolute atomic E-state index is 0.0210. The lowest BCUT2D eigenvalue weighted by Gasteiger charge is -2.36. The summed E-state index contributed by atoms with van der Waals surface area (Å²) in [5.74, 6) is -0.993. The van der Waals surface area contributed by atoms with Gasteiger partial charge >= 0.3 is 0 Å². The smallest absolute Gasteiger partial charge is 0.278 e. The molecular formula is C30H29N5O4. The fourth-order valence-electron chi connectivity index (χ4n) is 4.51. The maximum absolute atomic E-state index is 14.3. The van der Waals surface area contributed by atoms with Crippen LogP contribution in [0.1, 0.15) is 29.3 Å². The molecule has 0 aliphatic carbocycles. The molecule has 1 atom stereocenters. The highest BCUT2D eigenvalue weighted by atomic mass is 16.2. The molecule has 198 valence electrons. The number of ketones is 1. The quantitative estimate of drug-likeness (QED) is 0.274. The molecule has 4 N–H and O–H groups in total. The van der Waals surface area contributed by atoms with Crippen molar-refractivity contribution in [2.45, 2.75) is 18.9 Å². The Kier molecular flexibility index (Phi) is 8.30. The second kappa shape index (κ2) is 12.0. The van der Waals surface area contributed by atoms with Crippen LogP contribution in [-0.4, -0.2) is 40.2 Å². The molecule has 0 aliphatic rings. The highest BCUT2D eigenvalue weighted by Crippen LogP contribution is 2.33. The summed E-state index contributed by atoms with van der Waals surface area (Å²) >= 11 is 0. The van der Waals surface area contributed by atoms with Crippen LogP contribution in [0, 0.1) is 0 Å². The van der Waals surface area contributed by atoms with Crippen LogP contribution in [0.2, 0.25) is 0 Å². The van der Waals surface area contributed by atoms with E-state index < -0.39 is 17.0 Å². The van der Waals surface area contributed by atoms with E-state index >= 15 is 0 Å². The van der Waals surface area contributed by atoms with Gasteiger partial charge in [-0.25, -0.2) is 4.98 Å². The Bertz CT molecular complexity index is 1520. The van der Waals surface area contributed by atoms with Crippen molar-refractivity contribution in [3.05, 3.63) is 119 Å². The number of nitrogens with one attached hydrogen (secondary N) is 2. The van der Waals surface area contributed by atoms with E-state index in [1.807, 2.05) is 6.07 Å². The summed E-state index contributed by atoms with van der Waals surface area (Å²) in [5, 5.41) is 5.48. The molecule has 9 heteroatoms. The third-order valence-corrected chi connectivity index (χ3v) is 6.39. The standard InChI is InChI=1S/C30H29N5O4/c1-21(36)32-18-17-30(24-15-9-4-10-16-24,29(39)34-20-26(37)22-11-5-2-6-12-22)35-27(23-13-7-3-8-14-23)33-19-25(31)28(35)38/h2-16,19H,17-18,20,31H2,1H3,(H,32,36)(H,34,39). The van der Waals surface area contributed by atoms with Crippen molar-refractivity contribution >= 4 is 23.3 Å². The van der Waals surface area contributed by atoms with Crippen LogP contribution >= 0.6 is 0 Å². The first-order chi connectivity index (χ1) is 18.8. The molecule has 0 aliphatic heterocycles. The lowest BCUT2D eigenvalue weighted by atomic mass is 9.84. The van der Waals surface area contributed by atoms with Gasteiger partial charge in [0.1, 0.15) is 11.5 Å². The molecule has 3 aromatic carbocycles. The first kappa shape index (κ1) is 27.0. The number of rotatable bonds is 10. The van der Waals surface area contributed by atoms with Gasteiger partial charge in [0.15, 0.2) is 11.3 Å². The monoisotopic (exact) mass is 523 g/mol. The third-order valence-electron chi connectivity index (χ3n) is 6.39. The Morgan fingerprint density at radius 3 is 2.08 bits per heavy atom. The first-order valence-electron chi connectivity index (χ1n) is 12.4. The average Bonchev–Trinajstić information content (AvgIpc) is 2.97. The number of carbonyl (C=O) groups excluding carboxylic acids is 3. The number of amides is 2. The van der Waals surface area contributed by atoms with E-state index in [4.69, 9.17) is 5.73 Å². The van der Waals surface area contributed by atoms with E-state index in [1.54, 1.807) is 84.9 Å². The molecule has 0 fully saturated rings. The van der Waals surface area contributed by atoms with Crippen LogP contribution in [0.3, 0.4) is 0 Å². The number of nitrogens with two attached hydrogens (primary N) is 1. The Morgan fingerprint density at radius 2 is 1.46 bits per heavy atom. The van der Waals surface area contributed by atoms with Crippen LogP contribution in [0.5, 0.6) is 0 Å². The normalized spacial score (nSPS) is 12.2. The van der Waals surface area contributed by atoms with E-state index in [0.29, 0.717) is 16.7 Å². The van der Waals surface area contributed by atoms with Gasteiger partial charge in [-0.1, -0.05) is 91.0 Å². The van der Waals surface area contributed by atoms with Gasteiger partial charge < -0.3 is 16.4 Å². The minimum atomic E-state index is -1.72. The molecule has 4 rings (SSSR count). The van der Waals surface area contributed by atoms with Gasteiger partial charge in [0, 0.05) is 31.0 Å². The fraction of sp³-hybridized carbons (Fsp3) is 0.167. The van der Waals surface area contributed by atoms with E-state index in [9.17, 15) is 19.2 Å². The van der Waals surface area contributed by atoms with Gasteiger partial charge in [-0.3, -0.25) is 23.7 Å². The predicted molar refractivity (Wildman–Crippen MR) is 149 cm³/mol. The van der Waals surface area contributed by atoms with Crippen LogP contribution < -0.4 is 21.9 Å². The second-order valence-electron chi connectivity index (χ2n) is 8.97. The summed E-state index contributed by atoms with van der Waals surface area (Å²) in [6.45, 7) is 1.12. The zero-order valence-corrected chi connectivity index (χ0v) is 21.5. The highest BCUT2D eigenvalue weighted by Gasteiger charge is 2.45. The zero-order valence-electron chi connectivity index (χ0n) is 21.5. The lowest BCUT2D eigenvalue weighted by molar-refractivity contribution is -0.128. The molecule has 9 nitrogen and oxygen atoms in total. The Hall–Kier alpha value is -5.05. The van der Waals surface area contributed by atoms with E-state index in [0.717, 1.165) is 0 Å². The SMILES string of the molecule is CC(=O)NCCC(C(=O)NCC(=O)c1ccccc1)(c1ccccc1)n1c(-c2ccccc2)ncc(N)c1=O. The number of anilines is 1. The Balaban J connectivity index is 1.92. The summed E-state index contributed by atoms with van der Waals surface area (Å²) in [6, 6.07) is 26.3. The van der Waals surface area contributed by atoms with Crippen molar-refractivity contribution in [1.82, 2.24) is 20.2 Å². The van der Waals surface area contributed by atoms with Crippen molar-refractivity contribution in [3.63, 3.8) is 0 Å². The molecule has 0 spiro atoms. The largest absolute Gasteiger partial charge is 0.393 e. The number of hydrogen-bond donors (Lipinski definition) is 3. The van der Waals surface area contributed by atoms with Gasteiger partial charge in [-0.2, -0.15) is 0 Å². The molecule has 2 amide bonds. The molecule has 0 radical (unpaired) electrons. The van der Waals surface area contributed by atoms with Gasteiger partial charge in [-0.15, -0.1) is 0 Å². The first-order valence-corrected chi connectivity index (χ1v) is 12.4. The van der Waals surface area contributed by atoms with Crippen molar-refractivity contribution < 1.29 is 14.4 Å². The maximum Gasteiger partial charge on any atom is 0.278 e. The topological polar surface area (TPSA) is 136 Å². The van der Waals surface area contributed by atoms with E-state index in [2.05, 4.69) is 15.6 Å². The Morgan fingerprint density at radius 1 is 0.872 bits per heavy atom. The molecule has 0 saturated heterocycles. The third kappa shape index (κ3) is 5.77. The molecule has 1 unspecified atom stereocenters. The summed E-state index contributed by atoms with van der Waals surface area (Å²) < 4.78 is 1.27. The molecule has 1 aromatic heterocycles. The van der Waals surface area contributed by atoms with Crippen LogP contribution in [0.25, 0.3) is 11.4 Å². The Labute approximate surface area is 225 Å². The summed E-state index contributed by atoms with van der Waals surface area (Å²) in [6.07, 6.45) is 1.24. The van der Waals surface area contributed by atoms with Crippen molar-refractivity contribution in [3.8, 4) is 11.4 Å². The number of benzene rings is 3. The lowest BCUT2D eigenvalue weighted by Crippen LogP contribution is -2.56. The number of nitrogen functional groups attached to an aromatic ring is 1. The van der Waals surface area contributed by atoms with Gasteiger partial charge in [0.05, 0.1) is 12.7 Å². The number of aromatic nitrogens is 2. The van der Waals surface area contributed by atoms with Crippen molar-refractivity contribution in [1.29, 1.82) is 0 Å². The fourth-order valence-corrected chi connectivity index (χ4v) is 4.51. The van der Waals surface area contributed by atoms with Gasteiger partial charge in [-0.05, 0) is 5.56 Å². The van der Waals surface area contributed by atoms with E-state index in [-0.39, 0.29) is 42.7 Å². The maximum atomic E-state index is 14.3. The molecule has 4 aromatic rings. The summed E-state index contributed by atoms with van der Waals surface area (Å²) in [7, 11) is 0. The predicted octanol–water partition coefficient (Wildman–Crippen LogP) is 2.76. The molecular weight excluding hydrogens is 494 g/mol. The molecule has 0 saturated carbocycles. The number of nitrogens with zero attached hydrogens (tertiary/aromatic N) is 2. The highest BCUT2D eigenvalue weighted by molar-refractivity contribution is 6.00. The molecule has 1 heterocycles. The van der Waals surface area contributed by atoms with Gasteiger partial charge in [0.25, 0.3) is 11.5 Å². The molecule has 39 heavy (non-hydrogen) atoms. The van der Waals surface area contributed by atoms with E-state index in [1.165, 1.54) is 17.7 Å². The summed E-state index contributed by atoms with van der Waals surface area (Å²) in [5.41, 5.74) is 5.06. The summed E-state index contributed by atoms with van der Waals surface area (Å²) in [4.78, 5) is 57.3. The van der Waals surface area contributed by atoms with Gasteiger partial charge in [0.2, 0.25) is 5.91 Å². The van der Waals surface area contributed by atoms with Crippen LogP contribution in [-0.2, 0) is 15.1 Å². The zero-order chi connectivity index (χ0) is 27.8. The van der Waals surface area contributed by atoms with Crippen LogP contribution in [0.4, 0.5) is 5.69 Å². The number of Topliss-reactive ketones (excluding diaryl/α,β-unsaturated/α-hetero) is 1. The number of hydrogen-bond acceptors (Lipinski definition) is 6. The molecule has 0 bridgehead atoms. The number of carbonyl (C=O) groups is 3. The van der Waals surface area contributed by atoms with Crippen LogP contribution in [0.15, 0.2) is 102 Å². The van der Waals surface area contributed by atoms with Crippen molar-refractivity contribution in [2.24, 2.45) is 0 Å². The second-order valence-corrected chi connectivity index (χ2v) is 8.97.